The maximum atomic E-state index is 11.7. The zero-order chi connectivity index (χ0) is 13.5. The first-order chi connectivity index (χ1) is 9.29. The molecule has 2 rings (SSSR count). The van der Waals surface area contributed by atoms with E-state index in [0.717, 1.165) is 18.4 Å². The van der Waals surface area contributed by atoms with Crippen LogP contribution >= 0.6 is 0 Å². The number of hydrogen-bond donors (Lipinski definition) is 2. The lowest BCUT2D eigenvalue weighted by Crippen LogP contribution is -2.42. The van der Waals surface area contributed by atoms with Crippen molar-refractivity contribution in [3.05, 3.63) is 48.0 Å². The molecular weight excluding hydrogens is 242 g/mol. The van der Waals surface area contributed by atoms with Gasteiger partial charge >= 0.3 is 6.09 Å². The standard InChI is InChI=1S/C15H19NO3/c17-10-13-8-4-5-9-14(13)16-15(18)19-11-12-6-2-1-3-7-12/h1-7,13-14,17H,8-11H2,(H,16,18)/t13-,14+/m1/s1. The smallest absolute Gasteiger partial charge is 0.407 e. The molecule has 2 atom stereocenters. The summed E-state index contributed by atoms with van der Waals surface area (Å²) in [7, 11) is 0. The Morgan fingerprint density at radius 3 is 2.74 bits per heavy atom. The summed E-state index contributed by atoms with van der Waals surface area (Å²) in [6.45, 7) is 0.340. The van der Waals surface area contributed by atoms with Gasteiger partial charge in [0.25, 0.3) is 0 Å². The van der Waals surface area contributed by atoms with Crippen LogP contribution in [0.15, 0.2) is 42.5 Å². The molecule has 0 spiro atoms. The Hall–Kier alpha value is -1.81. The Labute approximate surface area is 113 Å². The minimum absolute atomic E-state index is 0.0433. The van der Waals surface area contributed by atoms with Crippen LogP contribution in [0.25, 0.3) is 0 Å². The molecule has 4 heteroatoms. The van der Waals surface area contributed by atoms with Crippen molar-refractivity contribution in [1.29, 1.82) is 0 Å². The number of carbonyl (C=O) groups is 1. The number of ether oxygens (including phenoxy) is 1. The fraction of sp³-hybridized carbons (Fsp3) is 0.400. The van der Waals surface area contributed by atoms with Crippen LogP contribution in [0.4, 0.5) is 4.79 Å². The number of alkyl carbamates (subject to hydrolysis) is 1. The molecule has 19 heavy (non-hydrogen) atoms. The lowest BCUT2D eigenvalue weighted by molar-refractivity contribution is 0.123. The lowest BCUT2D eigenvalue weighted by atomic mass is 9.90. The topological polar surface area (TPSA) is 58.6 Å². The Morgan fingerprint density at radius 1 is 1.26 bits per heavy atom. The van der Waals surface area contributed by atoms with Crippen molar-refractivity contribution in [2.45, 2.75) is 25.5 Å². The van der Waals surface area contributed by atoms with E-state index < -0.39 is 6.09 Å². The van der Waals surface area contributed by atoms with E-state index in [-0.39, 0.29) is 25.2 Å². The molecule has 0 heterocycles. The van der Waals surface area contributed by atoms with E-state index in [0.29, 0.717) is 0 Å². The second-order valence-electron chi connectivity index (χ2n) is 4.70. The number of aliphatic hydroxyl groups is 1. The first-order valence-corrected chi connectivity index (χ1v) is 6.52. The number of amides is 1. The van der Waals surface area contributed by atoms with Crippen LogP contribution in [0.3, 0.4) is 0 Å². The summed E-state index contributed by atoms with van der Waals surface area (Å²) in [4.78, 5) is 11.7. The molecule has 1 aromatic carbocycles. The summed E-state index contributed by atoms with van der Waals surface area (Å²) in [6, 6.07) is 9.51. The van der Waals surface area contributed by atoms with Gasteiger partial charge in [0.1, 0.15) is 6.61 Å². The van der Waals surface area contributed by atoms with Gasteiger partial charge in [-0.3, -0.25) is 0 Å². The van der Waals surface area contributed by atoms with E-state index in [1.165, 1.54) is 0 Å². The van der Waals surface area contributed by atoms with Crippen LogP contribution in [-0.2, 0) is 11.3 Å². The van der Waals surface area contributed by atoms with Crippen molar-refractivity contribution in [2.75, 3.05) is 6.61 Å². The number of hydrogen-bond acceptors (Lipinski definition) is 3. The highest BCUT2D eigenvalue weighted by Gasteiger charge is 2.23. The van der Waals surface area contributed by atoms with Gasteiger partial charge in [-0.05, 0) is 18.4 Å². The van der Waals surface area contributed by atoms with Crippen LogP contribution in [-0.4, -0.2) is 23.8 Å². The van der Waals surface area contributed by atoms with Crippen molar-refractivity contribution < 1.29 is 14.6 Å². The van der Waals surface area contributed by atoms with Gasteiger partial charge in [-0.2, -0.15) is 0 Å². The molecule has 0 radical (unpaired) electrons. The van der Waals surface area contributed by atoms with Crippen LogP contribution in [0.5, 0.6) is 0 Å². The fourth-order valence-corrected chi connectivity index (χ4v) is 2.17. The normalized spacial score (nSPS) is 21.9. The Balaban J connectivity index is 1.79. The Kier molecular flexibility index (Phi) is 4.98. The lowest BCUT2D eigenvalue weighted by Gasteiger charge is -2.27. The zero-order valence-electron chi connectivity index (χ0n) is 10.8. The Bertz CT molecular complexity index is 430. The van der Waals surface area contributed by atoms with Crippen molar-refractivity contribution in [1.82, 2.24) is 5.32 Å². The molecule has 4 nitrogen and oxygen atoms in total. The molecule has 0 saturated carbocycles. The molecular formula is C15H19NO3. The molecule has 0 aromatic heterocycles. The minimum Gasteiger partial charge on any atom is -0.445 e. The van der Waals surface area contributed by atoms with Gasteiger partial charge in [-0.25, -0.2) is 4.79 Å². The summed E-state index contributed by atoms with van der Waals surface area (Å²) in [5, 5.41) is 12.1. The highest BCUT2D eigenvalue weighted by atomic mass is 16.5. The van der Waals surface area contributed by atoms with Gasteiger partial charge in [0.2, 0.25) is 0 Å². The monoisotopic (exact) mass is 261 g/mol. The van der Waals surface area contributed by atoms with Crippen LogP contribution in [0.1, 0.15) is 18.4 Å². The first kappa shape index (κ1) is 13.6. The first-order valence-electron chi connectivity index (χ1n) is 6.52. The number of nitrogens with one attached hydrogen (secondary N) is 1. The third-order valence-corrected chi connectivity index (χ3v) is 3.32. The van der Waals surface area contributed by atoms with Crippen molar-refractivity contribution >= 4 is 6.09 Å². The van der Waals surface area contributed by atoms with Gasteiger partial charge < -0.3 is 15.2 Å². The highest BCUT2D eigenvalue weighted by molar-refractivity contribution is 5.67. The number of rotatable bonds is 4. The predicted octanol–water partition coefficient (Wildman–Crippen LogP) is 2.24. The SMILES string of the molecule is O=C(N[C@H]1CC=CC[C@@H]1CO)OCc1ccccc1. The number of aliphatic hydroxyl groups excluding tert-OH is 1. The third kappa shape index (κ3) is 4.10. The minimum atomic E-state index is -0.428. The van der Waals surface area contributed by atoms with Gasteiger partial charge in [-0.15, -0.1) is 0 Å². The van der Waals surface area contributed by atoms with E-state index in [2.05, 4.69) is 5.32 Å². The summed E-state index contributed by atoms with van der Waals surface area (Å²) < 4.78 is 5.17. The molecule has 1 aliphatic carbocycles. The second-order valence-corrected chi connectivity index (χ2v) is 4.70. The van der Waals surface area contributed by atoms with Gasteiger partial charge in [0.05, 0.1) is 0 Å². The predicted molar refractivity (Wildman–Crippen MR) is 72.5 cm³/mol. The number of benzene rings is 1. The largest absolute Gasteiger partial charge is 0.445 e. The van der Waals surface area contributed by atoms with E-state index >= 15 is 0 Å². The highest BCUT2D eigenvalue weighted by Crippen LogP contribution is 2.18. The summed E-state index contributed by atoms with van der Waals surface area (Å²) in [5.41, 5.74) is 0.958. The van der Waals surface area contributed by atoms with Crippen LogP contribution in [0, 0.1) is 5.92 Å². The maximum absolute atomic E-state index is 11.7. The van der Waals surface area contributed by atoms with E-state index in [1.807, 2.05) is 42.5 Å². The van der Waals surface area contributed by atoms with Crippen molar-refractivity contribution in [2.24, 2.45) is 5.92 Å². The van der Waals surface area contributed by atoms with E-state index in [1.54, 1.807) is 0 Å². The fourth-order valence-electron chi connectivity index (χ4n) is 2.17. The summed E-state index contributed by atoms with van der Waals surface area (Å²) in [6.07, 6.45) is 5.16. The third-order valence-electron chi connectivity index (χ3n) is 3.32. The molecule has 1 aromatic rings. The molecule has 0 aliphatic heterocycles. The van der Waals surface area contributed by atoms with Crippen molar-refractivity contribution in [3.8, 4) is 0 Å². The quantitative estimate of drug-likeness (QED) is 0.817. The summed E-state index contributed by atoms with van der Waals surface area (Å²) >= 11 is 0. The second kappa shape index (κ2) is 6.95. The van der Waals surface area contributed by atoms with Crippen molar-refractivity contribution in [3.63, 3.8) is 0 Å². The van der Waals surface area contributed by atoms with Crippen LogP contribution < -0.4 is 5.32 Å². The molecule has 0 saturated heterocycles. The zero-order valence-corrected chi connectivity index (χ0v) is 10.8. The average Bonchev–Trinajstić information content (AvgIpc) is 2.47. The molecule has 0 fully saturated rings. The molecule has 2 N–H and O–H groups in total. The molecule has 102 valence electrons. The maximum Gasteiger partial charge on any atom is 0.407 e. The van der Waals surface area contributed by atoms with Gasteiger partial charge in [0.15, 0.2) is 0 Å². The van der Waals surface area contributed by atoms with Crippen LogP contribution in [0.2, 0.25) is 0 Å². The van der Waals surface area contributed by atoms with Gasteiger partial charge in [0, 0.05) is 18.6 Å². The van der Waals surface area contributed by atoms with E-state index in [9.17, 15) is 9.90 Å². The molecule has 1 aliphatic rings. The van der Waals surface area contributed by atoms with E-state index in [4.69, 9.17) is 4.74 Å². The summed E-state index contributed by atoms with van der Waals surface area (Å²) in [5.74, 6) is 0.0780. The number of carbonyl (C=O) groups excluding carboxylic acids is 1. The van der Waals surface area contributed by atoms with Gasteiger partial charge in [-0.1, -0.05) is 42.5 Å². The number of allylic oxidation sites excluding steroid dienone is 1. The average molecular weight is 261 g/mol. The molecule has 0 bridgehead atoms. The molecule has 0 unspecified atom stereocenters. The Morgan fingerprint density at radius 2 is 2.00 bits per heavy atom. The molecule has 1 amide bonds.